The van der Waals surface area contributed by atoms with Gasteiger partial charge in [-0.1, -0.05) is 0 Å². The molecule has 7 nitrogen and oxygen atoms in total. The molecule has 0 bridgehead atoms. The van der Waals surface area contributed by atoms with Crippen molar-refractivity contribution in [1.29, 1.82) is 0 Å². The largest absolute Gasteiger partial charge is 0.341 e. The number of imidazole rings is 1. The van der Waals surface area contributed by atoms with Crippen LogP contribution in [0.2, 0.25) is 0 Å². The summed E-state index contributed by atoms with van der Waals surface area (Å²) in [4.78, 5) is 32.4. The monoisotopic (exact) mass is 333 g/mol. The summed E-state index contributed by atoms with van der Waals surface area (Å²) in [5, 5.41) is 3.09. The van der Waals surface area contributed by atoms with Gasteiger partial charge in [0.05, 0.1) is 12.4 Å². The minimum Gasteiger partial charge on any atom is -0.341 e. The normalized spacial score (nSPS) is 22.7. The van der Waals surface area contributed by atoms with Crippen molar-refractivity contribution in [2.75, 3.05) is 19.6 Å². The van der Waals surface area contributed by atoms with Gasteiger partial charge in [0.1, 0.15) is 0 Å². The summed E-state index contributed by atoms with van der Waals surface area (Å²) < 4.78 is 1.96. The highest BCUT2D eigenvalue weighted by atomic mass is 16.2. The van der Waals surface area contributed by atoms with Crippen molar-refractivity contribution < 1.29 is 9.59 Å². The van der Waals surface area contributed by atoms with Gasteiger partial charge in [0, 0.05) is 51.0 Å². The van der Waals surface area contributed by atoms with Crippen molar-refractivity contribution in [3.8, 4) is 0 Å². The molecule has 132 valence electrons. The Morgan fingerprint density at radius 1 is 1.38 bits per heavy atom. The predicted octanol–water partition coefficient (Wildman–Crippen LogP) is 1.46. The van der Waals surface area contributed by atoms with E-state index in [2.05, 4.69) is 10.3 Å². The quantitative estimate of drug-likeness (QED) is 0.887. The standard InChI is InChI=1S/C17H27N5O2/c1-14(11-20-10-7-18-13-20)19-17(24)22-9-3-2-5-15(22)12-21-8-4-6-16(21)23/h7,10,13-15H,2-6,8-9,11-12H2,1H3,(H,19,24)/t14-,15+/m0/s1. The molecular formula is C17H27N5O2. The number of nitrogens with one attached hydrogen (secondary N) is 1. The number of aromatic nitrogens is 2. The molecule has 0 radical (unpaired) electrons. The van der Waals surface area contributed by atoms with E-state index >= 15 is 0 Å². The first-order valence-electron chi connectivity index (χ1n) is 8.94. The fraction of sp³-hybridized carbons (Fsp3) is 0.706. The molecule has 0 aromatic carbocycles. The van der Waals surface area contributed by atoms with Crippen molar-refractivity contribution in [3.63, 3.8) is 0 Å². The summed E-state index contributed by atoms with van der Waals surface area (Å²) in [5.41, 5.74) is 0. The van der Waals surface area contributed by atoms with Crippen molar-refractivity contribution in [2.24, 2.45) is 0 Å². The zero-order chi connectivity index (χ0) is 16.9. The maximum atomic E-state index is 12.7. The highest BCUT2D eigenvalue weighted by Gasteiger charge is 2.31. The van der Waals surface area contributed by atoms with Gasteiger partial charge in [-0.05, 0) is 32.6 Å². The molecule has 3 rings (SSSR count). The molecule has 2 aliphatic rings. The van der Waals surface area contributed by atoms with E-state index in [1.54, 1.807) is 12.5 Å². The molecule has 0 aliphatic carbocycles. The van der Waals surface area contributed by atoms with Crippen LogP contribution in [0, 0.1) is 0 Å². The molecule has 0 saturated carbocycles. The van der Waals surface area contributed by atoms with Crippen LogP contribution in [0.25, 0.3) is 0 Å². The van der Waals surface area contributed by atoms with E-state index in [9.17, 15) is 9.59 Å². The number of likely N-dealkylation sites (tertiary alicyclic amines) is 2. The first-order valence-corrected chi connectivity index (χ1v) is 8.94. The molecule has 0 unspecified atom stereocenters. The number of piperidine rings is 1. The van der Waals surface area contributed by atoms with E-state index in [1.807, 2.05) is 27.5 Å². The van der Waals surface area contributed by atoms with Crippen LogP contribution in [-0.4, -0.2) is 63.0 Å². The van der Waals surface area contributed by atoms with E-state index < -0.39 is 0 Å². The topological polar surface area (TPSA) is 70.5 Å². The summed E-state index contributed by atoms with van der Waals surface area (Å²) in [5.74, 6) is 0.231. The maximum absolute atomic E-state index is 12.7. The third-order valence-electron chi connectivity index (χ3n) is 4.90. The van der Waals surface area contributed by atoms with Crippen LogP contribution in [0.1, 0.15) is 39.0 Å². The number of rotatable bonds is 5. The van der Waals surface area contributed by atoms with E-state index in [0.29, 0.717) is 19.5 Å². The van der Waals surface area contributed by atoms with Gasteiger partial charge in [-0.3, -0.25) is 4.79 Å². The lowest BCUT2D eigenvalue weighted by molar-refractivity contribution is -0.128. The first-order chi connectivity index (χ1) is 11.6. The predicted molar refractivity (Wildman–Crippen MR) is 90.4 cm³/mol. The lowest BCUT2D eigenvalue weighted by Crippen LogP contribution is -2.54. The summed E-state index contributed by atoms with van der Waals surface area (Å²) in [6.45, 7) is 5.00. The van der Waals surface area contributed by atoms with Gasteiger partial charge in [-0.25, -0.2) is 9.78 Å². The highest BCUT2D eigenvalue weighted by Crippen LogP contribution is 2.20. The highest BCUT2D eigenvalue weighted by molar-refractivity contribution is 5.78. The molecule has 7 heteroatoms. The Morgan fingerprint density at radius 2 is 2.25 bits per heavy atom. The molecule has 1 aromatic rings. The minimum absolute atomic E-state index is 0.0149. The minimum atomic E-state index is -0.0149. The Labute approximate surface area is 143 Å². The maximum Gasteiger partial charge on any atom is 0.317 e. The molecule has 2 aliphatic heterocycles. The van der Waals surface area contributed by atoms with Crippen LogP contribution in [0.3, 0.4) is 0 Å². The average Bonchev–Trinajstić information content (AvgIpc) is 3.20. The smallest absolute Gasteiger partial charge is 0.317 e. The summed E-state index contributed by atoms with van der Waals surface area (Å²) in [6.07, 6.45) is 10.1. The number of nitrogens with zero attached hydrogens (tertiary/aromatic N) is 4. The third-order valence-corrected chi connectivity index (χ3v) is 4.90. The molecule has 2 saturated heterocycles. The van der Waals surface area contributed by atoms with Crippen LogP contribution < -0.4 is 5.32 Å². The number of urea groups is 1. The van der Waals surface area contributed by atoms with Crippen molar-refractivity contribution in [3.05, 3.63) is 18.7 Å². The fourth-order valence-electron chi connectivity index (χ4n) is 3.66. The molecule has 0 spiro atoms. The second-order valence-corrected chi connectivity index (χ2v) is 6.90. The van der Waals surface area contributed by atoms with Gasteiger partial charge in [0.15, 0.2) is 0 Å². The molecule has 1 aromatic heterocycles. The van der Waals surface area contributed by atoms with Crippen molar-refractivity contribution in [1.82, 2.24) is 24.7 Å². The van der Waals surface area contributed by atoms with Crippen molar-refractivity contribution in [2.45, 2.75) is 57.7 Å². The van der Waals surface area contributed by atoms with E-state index in [-0.39, 0.29) is 24.0 Å². The van der Waals surface area contributed by atoms with E-state index in [0.717, 1.165) is 38.8 Å². The number of hydrogen-bond acceptors (Lipinski definition) is 3. The van der Waals surface area contributed by atoms with Gasteiger partial charge in [0.25, 0.3) is 0 Å². The van der Waals surface area contributed by atoms with Gasteiger partial charge in [-0.15, -0.1) is 0 Å². The summed E-state index contributed by atoms with van der Waals surface area (Å²) in [6, 6.07) is 0.155. The number of carbonyl (C=O) groups excluding carboxylic acids is 2. The Hall–Kier alpha value is -2.05. The third kappa shape index (κ3) is 4.07. The zero-order valence-electron chi connectivity index (χ0n) is 14.4. The molecule has 3 heterocycles. The van der Waals surface area contributed by atoms with Gasteiger partial charge in [0.2, 0.25) is 5.91 Å². The second-order valence-electron chi connectivity index (χ2n) is 6.90. The van der Waals surface area contributed by atoms with Gasteiger partial charge >= 0.3 is 6.03 Å². The van der Waals surface area contributed by atoms with E-state index in [1.165, 1.54) is 0 Å². The SMILES string of the molecule is C[C@@H](Cn1ccnc1)NC(=O)N1CCCC[C@@H]1CN1CCCC1=O. The molecule has 2 atom stereocenters. The van der Waals surface area contributed by atoms with Crippen LogP contribution in [0.5, 0.6) is 0 Å². The zero-order valence-corrected chi connectivity index (χ0v) is 14.4. The molecular weight excluding hydrogens is 306 g/mol. The Morgan fingerprint density at radius 3 is 2.96 bits per heavy atom. The van der Waals surface area contributed by atoms with Crippen molar-refractivity contribution >= 4 is 11.9 Å². The van der Waals surface area contributed by atoms with Gasteiger partial charge in [-0.2, -0.15) is 0 Å². The van der Waals surface area contributed by atoms with Crippen LogP contribution in [0.4, 0.5) is 4.79 Å². The Balaban J connectivity index is 1.55. The Bertz CT molecular complexity index is 559. The number of carbonyl (C=O) groups is 2. The summed E-state index contributed by atoms with van der Waals surface area (Å²) in [7, 11) is 0. The van der Waals surface area contributed by atoms with E-state index in [4.69, 9.17) is 0 Å². The molecule has 2 fully saturated rings. The lowest BCUT2D eigenvalue weighted by Gasteiger charge is -2.38. The number of amides is 3. The Kier molecular flexibility index (Phi) is 5.37. The van der Waals surface area contributed by atoms with Crippen LogP contribution in [-0.2, 0) is 11.3 Å². The molecule has 1 N–H and O–H groups in total. The lowest BCUT2D eigenvalue weighted by atomic mass is 10.0. The fourth-order valence-corrected chi connectivity index (χ4v) is 3.66. The first kappa shape index (κ1) is 16.8. The van der Waals surface area contributed by atoms with Gasteiger partial charge < -0.3 is 19.7 Å². The molecule has 3 amide bonds. The van der Waals surface area contributed by atoms with Crippen LogP contribution in [0.15, 0.2) is 18.7 Å². The average molecular weight is 333 g/mol. The number of hydrogen-bond donors (Lipinski definition) is 1. The molecule has 24 heavy (non-hydrogen) atoms. The summed E-state index contributed by atoms with van der Waals surface area (Å²) >= 11 is 0. The second kappa shape index (κ2) is 7.68. The van der Waals surface area contributed by atoms with Crippen LogP contribution >= 0.6 is 0 Å².